The van der Waals surface area contributed by atoms with Gasteiger partial charge in [-0.2, -0.15) is 0 Å². The molecule has 1 aromatic carbocycles. The molecule has 0 atom stereocenters. The monoisotopic (exact) mass is 256 g/mol. The van der Waals surface area contributed by atoms with Gasteiger partial charge in [0.25, 0.3) is 0 Å². The first kappa shape index (κ1) is 15.1. The van der Waals surface area contributed by atoms with Gasteiger partial charge >= 0.3 is 0 Å². The molecule has 0 amide bonds. The Balaban J connectivity index is 2.62. The SMILES string of the molecule is CNCC(C)(C)N(C)CCc1cc(F)ccc1F. The molecule has 0 aliphatic heterocycles. The molecule has 0 heterocycles. The van der Waals surface area contributed by atoms with Crippen molar-refractivity contribution in [1.29, 1.82) is 0 Å². The van der Waals surface area contributed by atoms with Crippen LogP contribution in [0.3, 0.4) is 0 Å². The van der Waals surface area contributed by atoms with E-state index < -0.39 is 0 Å². The Hall–Kier alpha value is -1.00. The topological polar surface area (TPSA) is 15.3 Å². The minimum absolute atomic E-state index is 0.0153. The molecule has 0 fully saturated rings. The van der Waals surface area contributed by atoms with Crippen LogP contribution in [0.25, 0.3) is 0 Å². The molecule has 0 unspecified atom stereocenters. The molecule has 0 aliphatic rings. The fraction of sp³-hybridized carbons (Fsp3) is 0.571. The number of nitrogens with one attached hydrogen (secondary N) is 1. The zero-order valence-corrected chi connectivity index (χ0v) is 11.6. The normalized spacial score (nSPS) is 12.2. The van der Waals surface area contributed by atoms with Gasteiger partial charge < -0.3 is 5.32 Å². The average molecular weight is 256 g/mol. The molecule has 0 bridgehead atoms. The smallest absolute Gasteiger partial charge is 0.126 e. The van der Waals surface area contributed by atoms with E-state index in [0.717, 1.165) is 12.6 Å². The highest BCUT2D eigenvalue weighted by atomic mass is 19.1. The van der Waals surface area contributed by atoms with Crippen LogP contribution in [0.5, 0.6) is 0 Å². The lowest BCUT2D eigenvalue weighted by Crippen LogP contribution is -2.48. The van der Waals surface area contributed by atoms with E-state index in [1.54, 1.807) is 0 Å². The molecule has 18 heavy (non-hydrogen) atoms. The van der Waals surface area contributed by atoms with Crippen LogP contribution in [0.15, 0.2) is 18.2 Å². The van der Waals surface area contributed by atoms with Crippen molar-refractivity contribution in [1.82, 2.24) is 10.2 Å². The van der Waals surface area contributed by atoms with Crippen LogP contribution < -0.4 is 5.32 Å². The van der Waals surface area contributed by atoms with Gasteiger partial charge in [0, 0.05) is 18.6 Å². The molecule has 1 N–H and O–H groups in total. The molecule has 4 heteroatoms. The molecule has 1 rings (SSSR count). The van der Waals surface area contributed by atoms with Gasteiger partial charge in [0.2, 0.25) is 0 Å². The Morgan fingerprint density at radius 3 is 2.56 bits per heavy atom. The van der Waals surface area contributed by atoms with Crippen LogP contribution in [0.1, 0.15) is 19.4 Å². The van der Waals surface area contributed by atoms with E-state index in [2.05, 4.69) is 24.1 Å². The summed E-state index contributed by atoms with van der Waals surface area (Å²) in [5.41, 5.74) is 0.417. The second kappa shape index (κ2) is 6.25. The third-order valence-electron chi connectivity index (χ3n) is 3.37. The first-order chi connectivity index (χ1) is 8.36. The van der Waals surface area contributed by atoms with Crippen LogP contribution in [-0.2, 0) is 6.42 Å². The van der Waals surface area contributed by atoms with Gasteiger partial charge in [0.15, 0.2) is 0 Å². The molecular formula is C14H22F2N2. The lowest BCUT2D eigenvalue weighted by atomic mass is 10.0. The lowest BCUT2D eigenvalue weighted by molar-refractivity contribution is 0.157. The van der Waals surface area contributed by atoms with Crippen molar-refractivity contribution in [2.75, 3.05) is 27.2 Å². The number of benzene rings is 1. The Kier molecular flexibility index (Phi) is 5.23. The van der Waals surface area contributed by atoms with Crippen molar-refractivity contribution in [3.05, 3.63) is 35.4 Å². The van der Waals surface area contributed by atoms with E-state index >= 15 is 0 Å². The van der Waals surface area contributed by atoms with Crippen molar-refractivity contribution in [3.63, 3.8) is 0 Å². The number of hydrogen-bond acceptors (Lipinski definition) is 2. The van der Waals surface area contributed by atoms with Gasteiger partial charge in [0.05, 0.1) is 0 Å². The van der Waals surface area contributed by atoms with Crippen LogP contribution in [-0.4, -0.2) is 37.6 Å². The molecule has 0 saturated heterocycles. The molecule has 0 aromatic heterocycles. The van der Waals surface area contributed by atoms with Gasteiger partial charge in [-0.25, -0.2) is 8.78 Å². The van der Waals surface area contributed by atoms with E-state index in [-0.39, 0.29) is 17.2 Å². The minimum atomic E-state index is -0.386. The third kappa shape index (κ3) is 4.03. The van der Waals surface area contributed by atoms with Crippen molar-refractivity contribution in [2.45, 2.75) is 25.8 Å². The Bertz CT molecular complexity index is 391. The highest BCUT2D eigenvalue weighted by Crippen LogP contribution is 2.14. The van der Waals surface area contributed by atoms with Crippen LogP contribution in [0.4, 0.5) is 8.78 Å². The second-order valence-electron chi connectivity index (χ2n) is 5.25. The van der Waals surface area contributed by atoms with E-state index in [1.165, 1.54) is 12.1 Å². The number of likely N-dealkylation sites (N-methyl/N-ethyl adjacent to an activating group) is 2. The molecule has 0 radical (unpaired) electrons. The molecule has 0 spiro atoms. The Morgan fingerprint density at radius 2 is 1.94 bits per heavy atom. The summed E-state index contributed by atoms with van der Waals surface area (Å²) in [5, 5.41) is 3.13. The first-order valence-electron chi connectivity index (χ1n) is 6.16. The summed E-state index contributed by atoms with van der Waals surface area (Å²) in [5.74, 6) is -0.722. The number of rotatable bonds is 6. The van der Waals surface area contributed by atoms with Crippen LogP contribution >= 0.6 is 0 Å². The Labute approximate surface area is 108 Å². The summed E-state index contributed by atoms with van der Waals surface area (Å²) in [6, 6.07) is 3.60. The predicted molar refractivity (Wildman–Crippen MR) is 70.7 cm³/mol. The van der Waals surface area contributed by atoms with Crippen LogP contribution in [0, 0.1) is 11.6 Å². The summed E-state index contributed by atoms with van der Waals surface area (Å²) in [6.07, 6.45) is 0.507. The molecule has 102 valence electrons. The zero-order chi connectivity index (χ0) is 13.8. The summed E-state index contributed by atoms with van der Waals surface area (Å²) in [4.78, 5) is 2.15. The second-order valence-corrected chi connectivity index (χ2v) is 5.25. The summed E-state index contributed by atoms with van der Waals surface area (Å²) in [6.45, 7) is 5.76. The van der Waals surface area contributed by atoms with E-state index in [9.17, 15) is 8.78 Å². The van der Waals surface area contributed by atoms with Crippen molar-refractivity contribution >= 4 is 0 Å². The van der Waals surface area contributed by atoms with Gasteiger partial charge in [-0.1, -0.05) is 0 Å². The quantitative estimate of drug-likeness (QED) is 0.841. The Morgan fingerprint density at radius 1 is 1.28 bits per heavy atom. The number of nitrogens with zero attached hydrogens (tertiary/aromatic N) is 1. The fourth-order valence-electron chi connectivity index (χ4n) is 1.89. The van der Waals surface area contributed by atoms with E-state index in [1.807, 2.05) is 14.1 Å². The summed E-state index contributed by atoms with van der Waals surface area (Å²) < 4.78 is 26.5. The lowest BCUT2D eigenvalue weighted by Gasteiger charge is -2.35. The maximum absolute atomic E-state index is 13.5. The minimum Gasteiger partial charge on any atom is -0.318 e. The number of halogens is 2. The standard InChI is InChI=1S/C14H22F2N2/c1-14(2,10-17-3)18(4)8-7-11-9-12(15)5-6-13(11)16/h5-6,9,17H,7-8,10H2,1-4H3. The van der Waals surface area contributed by atoms with Gasteiger partial charge in [0.1, 0.15) is 11.6 Å². The van der Waals surface area contributed by atoms with Gasteiger partial charge in [-0.15, -0.1) is 0 Å². The predicted octanol–water partition coefficient (Wildman–Crippen LogP) is 2.44. The largest absolute Gasteiger partial charge is 0.318 e. The van der Waals surface area contributed by atoms with Crippen LogP contribution in [0.2, 0.25) is 0 Å². The molecule has 1 aromatic rings. The van der Waals surface area contributed by atoms with Crippen molar-refractivity contribution in [3.8, 4) is 0 Å². The van der Waals surface area contributed by atoms with Crippen molar-refractivity contribution < 1.29 is 8.78 Å². The third-order valence-corrected chi connectivity index (χ3v) is 3.37. The highest BCUT2D eigenvalue weighted by molar-refractivity contribution is 5.19. The number of hydrogen-bond donors (Lipinski definition) is 1. The summed E-state index contributed by atoms with van der Waals surface area (Å²) in [7, 11) is 3.90. The van der Waals surface area contributed by atoms with Crippen molar-refractivity contribution in [2.24, 2.45) is 0 Å². The average Bonchev–Trinajstić information content (AvgIpc) is 2.29. The molecule has 2 nitrogen and oxygen atoms in total. The fourth-order valence-corrected chi connectivity index (χ4v) is 1.89. The van der Waals surface area contributed by atoms with Gasteiger partial charge in [-0.05, 0) is 58.1 Å². The first-order valence-corrected chi connectivity index (χ1v) is 6.16. The van der Waals surface area contributed by atoms with E-state index in [0.29, 0.717) is 18.5 Å². The zero-order valence-electron chi connectivity index (χ0n) is 11.6. The maximum atomic E-state index is 13.5. The van der Waals surface area contributed by atoms with E-state index in [4.69, 9.17) is 0 Å². The summed E-state index contributed by atoms with van der Waals surface area (Å²) >= 11 is 0. The molecular weight excluding hydrogens is 234 g/mol. The molecule has 0 saturated carbocycles. The maximum Gasteiger partial charge on any atom is 0.126 e. The highest BCUT2D eigenvalue weighted by Gasteiger charge is 2.22. The van der Waals surface area contributed by atoms with Gasteiger partial charge in [-0.3, -0.25) is 4.90 Å². The molecule has 0 aliphatic carbocycles.